The molecule has 1 unspecified atom stereocenters. The lowest BCUT2D eigenvalue weighted by atomic mass is 9.98. The molecule has 9 nitrogen and oxygen atoms in total. The van der Waals surface area contributed by atoms with Crippen LogP contribution in [0.5, 0.6) is 23.0 Å². The molecule has 1 N–H and O–H groups in total. The van der Waals surface area contributed by atoms with Crippen molar-refractivity contribution in [2.24, 2.45) is 0 Å². The van der Waals surface area contributed by atoms with Crippen LogP contribution in [0.25, 0.3) is 32.6 Å². The van der Waals surface area contributed by atoms with Crippen LogP contribution in [0.3, 0.4) is 0 Å². The van der Waals surface area contributed by atoms with E-state index in [9.17, 15) is 10.1 Å². The molecule has 224 valence electrons. The number of carbonyl (C=O) groups is 1. The van der Waals surface area contributed by atoms with E-state index in [1.165, 1.54) is 30.2 Å². The Morgan fingerprint density at radius 3 is 2.27 bits per heavy atom. The van der Waals surface area contributed by atoms with Crippen LogP contribution in [0.4, 0.5) is 5.13 Å². The van der Waals surface area contributed by atoms with E-state index in [-0.39, 0.29) is 5.91 Å². The van der Waals surface area contributed by atoms with Crippen molar-refractivity contribution in [2.75, 3.05) is 33.8 Å². The van der Waals surface area contributed by atoms with Crippen LogP contribution in [-0.2, 0) is 4.79 Å². The molecule has 0 aliphatic rings. The highest BCUT2D eigenvalue weighted by Crippen LogP contribution is 2.44. The zero-order valence-electron chi connectivity index (χ0n) is 24.8. The Morgan fingerprint density at radius 1 is 0.932 bits per heavy atom. The van der Waals surface area contributed by atoms with Gasteiger partial charge in [-0.1, -0.05) is 60.4 Å². The van der Waals surface area contributed by atoms with Crippen molar-refractivity contribution in [3.63, 3.8) is 0 Å². The van der Waals surface area contributed by atoms with Crippen LogP contribution in [-0.4, -0.2) is 49.6 Å². The fraction of sp³-hybridized carbons (Fsp3) is 0.212. The third kappa shape index (κ3) is 6.27. The van der Waals surface area contributed by atoms with Crippen molar-refractivity contribution in [3.8, 4) is 51.5 Å². The molecule has 44 heavy (non-hydrogen) atoms. The van der Waals surface area contributed by atoms with Crippen LogP contribution in [0.15, 0.2) is 71.8 Å². The molecule has 0 bridgehead atoms. The number of nitrogens with one attached hydrogen (secondary N) is 1. The van der Waals surface area contributed by atoms with Gasteiger partial charge in [0, 0.05) is 11.1 Å². The second kappa shape index (κ2) is 13.7. The normalized spacial score (nSPS) is 11.5. The minimum Gasteiger partial charge on any atom is -0.497 e. The second-order valence-corrected chi connectivity index (χ2v) is 11.7. The lowest BCUT2D eigenvalue weighted by molar-refractivity contribution is -0.115. The van der Waals surface area contributed by atoms with Crippen molar-refractivity contribution in [2.45, 2.75) is 23.6 Å². The number of thioether (sulfide) groups is 1. The van der Waals surface area contributed by atoms with Gasteiger partial charge in [-0.2, -0.15) is 5.26 Å². The van der Waals surface area contributed by atoms with Gasteiger partial charge in [-0.3, -0.25) is 4.79 Å². The number of hydrogen-bond donors (Lipinski definition) is 1. The van der Waals surface area contributed by atoms with Gasteiger partial charge in [0.1, 0.15) is 16.8 Å². The Morgan fingerprint density at radius 2 is 1.66 bits per heavy atom. The number of ether oxygens (including phenoxy) is 4. The van der Waals surface area contributed by atoms with Gasteiger partial charge >= 0.3 is 0 Å². The fourth-order valence-electron chi connectivity index (χ4n) is 4.66. The largest absolute Gasteiger partial charge is 0.497 e. The van der Waals surface area contributed by atoms with E-state index in [0.29, 0.717) is 56.2 Å². The SMILES string of the molecule is CCC(Sc1nc(-c2ccccc2)cc(-c2cc(OC)c(OC)c(OC)c2)c1C#N)C(=O)Nc1nc2ccc(OC)cc2s1. The molecular formula is C33H30N4O5S2. The molecule has 1 amide bonds. The maximum atomic E-state index is 13.5. The average molecular weight is 627 g/mol. The molecule has 0 fully saturated rings. The molecular weight excluding hydrogens is 597 g/mol. The third-order valence-electron chi connectivity index (χ3n) is 6.89. The molecule has 2 aromatic heterocycles. The number of hydrogen-bond acceptors (Lipinski definition) is 10. The number of fused-ring (bicyclic) bond motifs is 1. The quantitative estimate of drug-likeness (QED) is 0.149. The van der Waals surface area contributed by atoms with E-state index in [0.717, 1.165) is 21.5 Å². The number of anilines is 1. The second-order valence-electron chi connectivity index (χ2n) is 9.48. The topological polar surface area (TPSA) is 116 Å². The van der Waals surface area contributed by atoms with Crippen LogP contribution in [0.2, 0.25) is 0 Å². The molecule has 5 rings (SSSR count). The van der Waals surface area contributed by atoms with E-state index in [4.69, 9.17) is 23.9 Å². The summed E-state index contributed by atoms with van der Waals surface area (Å²) >= 11 is 2.62. The summed E-state index contributed by atoms with van der Waals surface area (Å²) in [5.74, 6) is 1.85. The highest BCUT2D eigenvalue weighted by molar-refractivity contribution is 8.00. The lowest BCUT2D eigenvalue weighted by Gasteiger charge is -2.18. The number of nitrogens with zero attached hydrogens (tertiary/aromatic N) is 3. The minimum absolute atomic E-state index is 0.228. The molecule has 5 aromatic rings. The highest BCUT2D eigenvalue weighted by atomic mass is 32.2. The molecule has 11 heteroatoms. The van der Waals surface area contributed by atoms with E-state index < -0.39 is 5.25 Å². The number of methoxy groups -OCH3 is 4. The van der Waals surface area contributed by atoms with Gasteiger partial charge < -0.3 is 24.3 Å². The van der Waals surface area contributed by atoms with Gasteiger partial charge in [-0.15, -0.1) is 0 Å². The maximum Gasteiger partial charge on any atom is 0.239 e. The fourth-order valence-corrected chi connectivity index (χ4v) is 6.59. The summed E-state index contributed by atoms with van der Waals surface area (Å²) in [7, 11) is 6.23. The van der Waals surface area contributed by atoms with Gasteiger partial charge in [0.05, 0.1) is 55.2 Å². The number of rotatable bonds is 11. The Kier molecular flexibility index (Phi) is 9.53. The number of amides is 1. The first kappa shape index (κ1) is 30.7. The Bertz CT molecular complexity index is 1830. The van der Waals surface area contributed by atoms with E-state index in [1.54, 1.807) is 33.5 Å². The molecule has 1 atom stereocenters. The first-order valence-corrected chi connectivity index (χ1v) is 15.4. The number of benzene rings is 3. The molecule has 0 saturated heterocycles. The standard InChI is InChI=1S/C33H30N4O5S2/c1-6-28(31(38)37-33-36-24-13-12-21(39-2)16-29(24)44-33)43-32-23(18-34)22(17-25(35-32)19-10-8-7-9-11-19)20-14-26(40-3)30(42-5)27(15-20)41-4/h7-17,28H,6H2,1-5H3,(H,36,37,38). The van der Waals surface area contributed by atoms with Crippen molar-refractivity contribution >= 4 is 44.4 Å². The molecule has 0 radical (unpaired) electrons. The molecule has 3 aromatic carbocycles. The predicted molar refractivity (Wildman–Crippen MR) is 174 cm³/mol. The Balaban J connectivity index is 1.56. The number of carbonyl (C=O) groups excluding carboxylic acids is 1. The summed E-state index contributed by atoms with van der Waals surface area (Å²) < 4.78 is 22.9. The number of aromatic nitrogens is 2. The summed E-state index contributed by atoms with van der Waals surface area (Å²) in [5.41, 5.74) is 3.94. The smallest absolute Gasteiger partial charge is 0.239 e. The summed E-state index contributed by atoms with van der Waals surface area (Å²) in [4.78, 5) is 23.0. The summed E-state index contributed by atoms with van der Waals surface area (Å²) in [6, 6.07) is 23.1. The van der Waals surface area contributed by atoms with Crippen molar-refractivity contribution in [3.05, 3.63) is 72.3 Å². The zero-order chi connectivity index (χ0) is 31.2. The van der Waals surface area contributed by atoms with Crippen molar-refractivity contribution < 1.29 is 23.7 Å². The third-order valence-corrected chi connectivity index (χ3v) is 9.17. The van der Waals surface area contributed by atoms with Crippen LogP contribution in [0.1, 0.15) is 18.9 Å². The number of pyridine rings is 1. The van der Waals surface area contributed by atoms with E-state index >= 15 is 0 Å². The Hall–Kier alpha value is -4.79. The number of nitriles is 1. The summed E-state index contributed by atoms with van der Waals surface area (Å²) in [5, 5.41) is 13.8. The van der Waals surface area contributed by atoms with Gasteiger partial charge in [0.25, 0.3) is 0 Å². The Labute approximate surface area is 263 Å². The zero-order valence-corrected chi connectivity index (χ0v) is 26.5. The first-order chi connectivity index (χ1) is 21.4. The highest BCUT2D eigenvalue weighted by Gasteiger charge is 2.25. The van der Waals surface area contributed by atoms with E-state index in [2.05, 4.69) is 16.4 Å². The average Bonchev–Trinajstić information content (AvgIpc) is 3.47. The minimum atomic E-state index is -0.546. The molecule has 2 heterocycles. The van der Waals surface area contributed by atoms with Gasteiger partial charge in [-0.25, -0.2) is 9.97 Å². The van der Waals surface area contributed by atoms with Crippen LogP contribution >= 0.6 is 23.1 Å². The monoisotopic (exact) mass is 626 g/mol. The van der Waals surface area contributed by atoms with Crippen molar-refractivity contribution in [1.29, 1.82) is 5.26 Å². The van der Waals surface area contributed by atoms with Gasteiger partial charge in [0.15, 0.2) is 16.6 Å². The van der Waals surface area contributed by atoms with Crippen LogP contribution < -0.4 is 24.3 Å². The molecule has 0 aliphatic carbocycles. The summed E-state index contributed by atoms with van der Waals surface area (Å²) in [6.45, 7) is 1.92. The maximum absolute atomic E-state index is 13.5. The van der Waals surface area contributed by atoms with E-state index in [1.807, 2.05) is 61.5 Å². The predicted octanol–water partition coefficient (Wildman–Crippen LogP) is 7.44. The first-order valence-electron chi connectivity index (χ1n) is 13.7. The van der Waals surface area contributed by atoms with Crippen LogP contribution in [0, 0.1) is 11.3 Å². The summed E-state index contributed by atoms with van der Waals surface area (Å²) in [6.07, 6.45) is 0.497. The van der Waals surface area contributed by atoms with Gasteiger partial charge in [-0.05, 0) is 48.4 Å². The molecule has 0 aliphatic heterocycles. The van der Waals surface area contributed by atoms with Gasteiger partial charge in [0.2, 0.25) is 11.7 Å². The molecule has 0 spiro atoms. The molecule has 0 saturated carbocycles. The lowest BCUT2D eigenvalue weighted by Crippen LogP contribution is -2.24. The number of thiazole rings is 1. The van der Waals surface area contributed by atoms with Crippen molar-refractivity contribution in [1.82, 2.24) is 9.97 Å².